The standard InChI is InChI=1S/C14H13BrF2N2O/c1-2-18-7-9-5-10(15)8-19-14(9)20-11-3-4-12(16)13(17)6-11/h3-6,8,18H,2,7H2,1H3. The summed E-state index contributed by atoms with van der Waals surface area (Å²) in [4.78, 5) is 4.15. The van der Waals surface area contributed by atoms with Crippen LogP contribution in [0.5, 0.6) is 11.6 Å². The van der Waals surface area contributed by atoms with Crippen molar-refractivity contribution in [1.29, 1.82) is 0 Å². The number of hydrogen-bond donors (Lipinski definition) is 1. The van der Waals surface area contributed by atoms with Crippen molar-refractivity contribution in [3.05, 3.63) is 52.1 Å². The quantitative estimate of drug-likeness (QED) is 0.890. The van der Waals surface area contributed by atoms with Gasteiger partial charge in [0.1, 0.15) is 5.75 Å². The van der Waals surface area contributed by atoms with Crippen molar-refractivity contribution in [2.45, 2.75) is 13.5 Å². The lowest BCUT2D eigenvalue weighted by atomic mass is 10.2. The van der Waals surface area contributed by atoms with Crippen molar-refractivity contribution in [2.75, 3.05) is 6.54 Å². The predicted octanol–water partition coefficient (Wildman–Crippen LogP) is 4.02. The van der Waals surface area contributed by atoms with Crippen molar-refractivity contribution < 1.29 is 13.5 Å². The normalized spacial score (nSPS) is 10.6. The molecule has 0 unspecified atom stereocenters. The van der Waals surface area contributed by atoms with Crippen LogP contribution in [0, 0.1) is 11.6 Å². The molecule has 0 saturated carbocycles. The summed E-state index contributed by atoms with van der Waals surface area (Å²) in [5, 5.41) is 3.16. The Hall–Kier alpha value is -1.53. The molecule has 0 saturated heterocycles. The molecule has 0 aliphatic rings. The van der Waals surface area contributed by atoms with Gasteiger partial charge in [-0.3, -0.25) is 0 Å². The molecule has 106 valence electrons. The highest BCUT2D eigenvalue weighted by atomic mass is 79.9. The third kappa shape index (κ3) is 3.74. The van der Waals surface area contributed by atoms with Crippen LogP contribution in [0.4, 0.5) is 8.78 Å². The van der Waals surface area contributed by atoms with Crippen LogP contribution in [0.3, 0.4) is 0 Å². The Morgan fingerprint density at radius 3 is 2.75 bits per heavy atom. The van der Waals surface area contributed by atoms with Crippen LogP contribution in [0.15, 0.2) is 34.9 Å². The van der Waals surface area contributed by atoms with E-state index in [1.807, 2.05) is 13.0 Å². The van der Waals surface area contributed by atoms with Crippen molar-refractivity contribution in [3.8, 4) is 11.6 Å². The monoisotopic (exact) mass is 342 g/mol. The van der Waals surface area contributed by atoms with Gasteiger partial charge in [0.05, 0.1) is 0 Å². The number of hydrogen-bond acceptors (Lipinski definition) is 3. The van der Waals surface area contributed by atoms with E-state index in [1.165, 1.54) is 6.07 Å². The fourth-order valence-electron chi connectivity index (χ4n) is 1.60. The van der Waals surface area contributed by atoms with Gasteiger partial charge in [0.2, 0.25) is 5.88 Å². The largest absolute Gasteiger partial charge is 0.439 e. The molecule has 0 atom stereocenters. The van der Waals surface area contributed by atoms with E-state index < -0.39 is 11.6 Å². The number of benzene rings is 1. The summed E-state index contributed by atoms with van der Waals surface area (Å²) in [6, 6.07) is 5.24. The van der Waals surface area contributed by atoms with Gasteiger partial charge in [0.25, 0.3) is 0 Å². The first-order valence-electron chi connectivity index (χ1n) is 6.08. The molecular formula is C14H13BrF2N2O. The minimum atomic E-state index is -0.951. The Labute approximate surface area is 124 Å². The fraction of sp³-hybridized carbons (Fsp3) is 0.214. The van der Waals surface area contributed by atoms with E-state index in [2.05, 4.69) is 26.2 Å². The first-order chi connectivity index (χ1) is 9.60. The van der Waals surface area contributed by atoms with Crippen molar-refractivity contribution in [1.82, 2.24) is 10.3 Å². The minimum Gasteiger partial charge on any atom is -0.439 e. The van der Waals surface area contributed by atoms with Gasteiger partial charge in [-0.15, -0.1) is 0 Å². The summed E-state index contributed by atoms with van der Waals surface area (Å²) in [6.45, 7) is 3.36. The zero-order valence-electron chi connectivity index (χ0n) is 10.8. The molecule has 1 heterocycles. The summed E-state index contributed by atoms with van der Waals surface area (Å²) in [7, 11) is 0. The molecule has 1 aromatic carbocycles. The Balaban J connectivity index is 2.25. The van der Waals surface area contributed by atoms with Crippen molar-refractivity contribution >= 4 is 15.9 Å². The average Bonchev–Trinajstić information content (AvgIpc) is 2.43. The van der Waals surface area contributed by atoms with E-state index in [0.717, 1.165) is 28.7 Å². The maximum absolute atomic E-state index is 13.2. The van der Waals surface area contributed by atoms with Crippen LogP contribution in [-0.4, -0.2) is 11.5 Å². The number of ether oxygens (including phenoxy) is 1. The molecule has 20 heavy (non-hydrogen) atoms. The fourth-order valence-corrected chi connectivity index (χ4v) is 1.98. The van der Waals surface area contributed by atoms with Gasteiger partial charge in [-0.2, -0.15) is 0 Å². The lowest BCUT2D eigenvalue weighted by Gasteiger charge is -2.11. The van der Waals surface area contributed by atoms with E-state index >= 15 is 0 Å². The van der Waals surface area contributed by atoms with Crippen LogP contribution in [-0.2, 0) is 6.54 Å². The van der Waals surface area contributed by atoms with Gasteiger partial charge in [-0.25, -0.2) is 13.8 Å². The molecule has 3 nitrogen and oxygen atoms in total. The highest BCUT2D eigenvalue weighted by Gasteiger charge is 2.09. The minimum absolute atomic E-state index is 0.205. The van der Waals surface area contributed by atoms with Gasteiger partial charge in [0.15, 0.2) is 11.6 Å². The zero-order chi connectivity index (χ0) is 14.5. The summed E-state index contributed by atoms with van der Waals surface area (Å²) in [5.41, 5.74) is 0.825. The molecule has 0 spiro atoms. The highest BCUT2D eigenvalue weighted by Crippen LogP contribution is 2.26. The van der Waals surface area contributed by atoms with E-state index in [-0.39, 0.29) is 5.75 Å². The summed E-state index contributed by atoms with van der Waals surface area (Å²) in [6.07, 6.45) is 1.59. The number of pyridine rings is 1. The molecule has 1 N–H and O–H groups in total. The second kappa shape index (κ2) is 6.76. The van der Waals surface area contributed by atoms with E-state index in [0.29, 0.717) is 12.4 Å². The molecule has 6 heteroatoms. The third-order valence-electron chi connectivity index (χ3n) is 2.56. The van der Waals surface area contributed by atoms with Crippen LogP contribution in [0.25, 0.3) is 0 Å². The Kier molecular flexibility index (Phi) is 5.03. The predicted molar refractivity (Wildman–Crippen MR) is 75.7 cm³/mol. The maximum Gasteiger partial charge on any atom is 0.223 e. The molecule has 0 bridgehead atoms. The molecule has 1 aromatic heterocycles. The Morgan fingerprint density at radius 2 is 2.05 bits per heavy atom. The average molecular weight is 343 g/mol. The highest BCUT2D eigenvalue weighted by molar-refractivity contribution is 9.10. The number of aromatic nitrogens is 1. The Morgan fingerprint density at radius 1 is 1.25 bits per heavy atom. The topological polar surface area (TPSA) is 34.2 Å². The smallest absolute Gasteiger partial charge is 0.223 e. The zero-order valence-corrected chi connectivity index (χ0v) is 12.4. The SMILES string of the molecule is CCNCc1cc(Br)cnc1Oc1ccc(F)c(F)c1. The molecule has 0 fully saturated rings. The maximum atomic E-state index is 13.2. The lowest BCUT2D eigenvalue weighted by Crippen LogP contribution is -2.13. The van der Waals surface area contributed by atoms with Gasteiger partial charge in [0, 0.05) is 28.8 Å². The first kappa shape index (κ1) is 14.9. The third-order valence-corrected chi connectivity index (χ3v) is 3.00. The lowest BCUT2D eigenvalue weighted by molar-refractivity contribution is 0.440. The summed E-state index contributed by atoms with van der Waals surface area (Å²) >= 11 is 3.34. The molecule has 0 radical (unpaired) electrons. The summed E-state index contributed by atoms with van der Waals surface area (Å²) < 4.78 is 32.4. The van der Waals surface area contributed by atoms with Crippen molar-refractivity contribution in [3.63, 3.8) is 0 Å². The molecule has 0 amide bonds. The first-order valence-corrected chi connectivity index (χ1v) is 6.87. The Bertz CT molecular complexity index is 608. The van der Waals surface area contributed by atoms with Crippen LogP contribution in [0.1, 0.15) is 12.5 Å². The van der Waals surface area contributed by atoms with E-state index in [1.54, 1.807) is 6.20 Å². The summed E-state index contributed by atoms with van der Waals surface area (Å²) in [5.74, 6) is -1.29. The van der Waals surface area contributed by atoms with Crippen LogP contribution < -0.4 is 10.1 Å². The van der Waals surface area contributed by atoms with Gasteiger partial charge in [-0.05, 0) is 40.7 Å². The van der Waals surface area contributed by atoms with Gasteiger partial charge in [-0.1, -0.05) is 6.92 Å². The number of halogens is 3. The van der Waals surface area contributed by atoms with Gasteiger partial charge >= 0.3 is 0 Å². The molecule has 0 aliphatic heterocycles. The van der Waals surface area contributed by atoms with Crippen LogP contribution in [0.2, 0.25) is 0 Å². The number of nitrogens with one attached hydrogen (secondary N) is 1. The number of nitrogens with zero attached hydrogens (tertiary/aromatic N) is 1. The van der Waals surface area contributed by atoms with E-state index in [4.69, 9.17) is 4.74 Å². The van der Waals surface area contributed by atoms with E-state index in [9.17, 15) is 8.78 Å². The molecule has 2 aromatic rings. The molecule has 0 aliphatic carbocycles. The number of rotatable bonds is 5. The second-order valence-electron chi connectivity index (χ2n) is 4.08. The van der Waals surface area contributed by atoms with Crippen LogP contribution >= 0.6 is 15.9 Å². The van der Waals surface area contributed by atoms with Gasteiger partial charge < -0.3 is 10.1 Å². The van der Waals surface area contributed by atoms with Crippen molar-refractivity contribution in [2.24, 2.45) is 0 Å². The second-order valence-corrected chi connectivity index (χ2v) is 4.99. The molecular weight excluding hydrogens is 330 g/mol. The molecule has 2 rings (SSSR count).